The molecule has 7 heteroatoms. The van der Waals surface area contributed by atoms with E-state index in [-0.39, 0.29) is 6.04 Å². The lowest BCUT2D eigenvalue weighted by Gasteiger charge is -2.37. The number of anilines is 1. The number of methoxy groups -OCH3 is 1. The molecule has 0 fully saturated rings. The number of fused-ring (bicyclic) bond motifs is 1. The number of thiocarbonyl (C=S) groups is 1. The highest BCUT2D eigenvalue weighted by molar-refractivity contribution is 7.80. The van der Waals surface area contributed by atoms with E-state index in [1.165, 1.54) is 7.11 Å². The van der Waals surface area contributed by atoms with Gasteiger partial charge in [0.2, 0.25) is 0 Å². The fourth-order valence-corrected chi connectivity index (χ4v) is 3.97. The van der Waals surface area contributed by atoms with Crippen molar-refractivity contribution >= 4 is 29.0 Å². The Bertz CT molecular complexity index is 1000. The lowest BCUT2D eigenvalue weighted by Crippen LogP contribution is -2.48. The van der Waals surface area contributed by atoms with Gasteiger partial charge < -0.3 is 19.5 Å². The van der Waals surface area contributed by atoms with Crippen LogP contribution in [-0.4, -0.2) is 31.4 Å². The summed E-state index contributed by atoms with van der Waals surface area (Å²) >= 11 is 5.68. The van der Waals surface area contributed by atoms with Crippen molar-refractivity contribution in [2.75, 3.05) is 25.2 Å². The molecule has 2 aliphatic heterocycles. The molecule has 0 bridgehead atoms. The second-order valence-electron chi connectivity index (χ2n) is 6.95. The summed E-state index contributed by atoms with van der Waals surface area (Å²) in [5, 5.41) is 3.80. The van der Waals surface area contributed by atoms with Gasteiger partial charge in [-0.15, -0.1) is 0 Å². The summed E-state index contributed by atoms with van der Waals surface area (Å²) in [5.74, 6) is 0.957. The molecule has 0 aromatic heterocycles. The van der Waals surface area contributed by atoms with E-state index in [0.717, 1.165) is 16.8 Å². The second-order valence-corrected chi connectivity index (χ2v) is 7.33. The Morgan fingerprint density at radius 1 is 1.10 bits per heavy atom. The maximum absolute atomic E-state index is 12.7. The minimum Gasteiger partial charge on any atom is -0.486 e. The van der Waals surface area contributed by atoms with Gasteiger partial charge in [0.15, 0.2) is 16.6 Å². The van der Waals surface area contributed by atoms with Crippen LogP contribution in [-0.2, 0) is 9.53 Å². The summed E-state index contributed by atoms with van der Waals surface area (Å²) in [4.78, 5) is 14.5. The molecular formula is C22H22N2O4S. The van der Waals surface area contributed by atoms with Crippen LogP contribution in [0.4, 0.5) is 5.69 Å². The Hall–Kier alpha value is -3.06. The molecule has 1 N–H and O–H groups in total. The first kappa shape index (κ1) is 19.3. The molecule has 2 aromatic carbocycles. The van der Waals surface area contributed by atoms with Gasteiger partial charge in [-0.3, -0.25) is 4.90 Å². The third-order valence-electron chi connectivity index (χ3n) is 5.08. The van der Waals surface area contributed by atoms with E-state index < -0.39 is 5.97 Å². The number of carbonyl (C=O) groups is 1. The van der Waals surface area contributed by atoms with Crippen molar-refractivity contribution in [1.29, 1.82) is 0 Å². The van der Waals surface area contributed by atoms with Crippen molar-refractivity contribution in [3.8, 4) is 11.5 Å². The monoisotopic (exact) mass is 410 g/mol. The molecule has 0 aliphatic carbocycles. The lowest BCUT2D eigenvalue weighted by atomic mass is 9.94. The number of carbonyl (C=O) groups excluding carboxylic acids is 1. The highest BCUT2D eigenvalue weighted by Crippen LogP contribution is 2.38. The number of ether oxygens (including phenoxy) is 3. The van der Waals surface area contributed by atoms with Crippen LogP contribution in [0.15, 0.2) is 53.7 Å². The molecule has 150 valence electrons. The molecule has 0 amide bonds. The van der Waals surface area contributed by atoms with Crippen LogP contribution in [0.3, 0.4) is 0 Å². The van der Waals surface area contributed by atoms with E-state index in [0.29, 0.717) is 41.1 Å². The highest BCUT2D eigenvalue weighted by atomic mass is 32.1. The van der Waals surface area contributed by atoms with Crippen LogP contribution in [0.25, 0.3) is 0 Å². The van der Waals surface area contributed by atoms with Crippen molar-refractivity contribution in [2.45, 2.75) is 19.9 Å². The van der Waals surface area contributed by atoms with Gasteiger partial charge in [0.1, 0.15) is 13.2 Å². The van der Waals surface area contributed by atoms with Crippen molar-refractivity contribution < 1.29 is 19.0 Å². The Kier molecular flexibility index (Phi) is 5.15. The van der Waals surface area contributed by atoms with E-state index in [1.807, 2.05) is 61.2 Å². The Labute approximate surface area is 175 Å². The summed E-state index contributed by atoms with van der Waals surface area (Å²) in [6, 6.07) is 13.2. The SMILES string of the molecule is COC(=O)C1=C(C)N(c2ccc3c(c2)OCCO3)C(=S)N[C@@H]1c1ccc(C)cc1. The zero-order valence-electron chi connectivity index (χ0n) is 16.5. The molecule has 0 spiro atoms. The molecule has 2 heterocycles. The third-order valence-corrected chi connectivity index (χ3v) is 5.39. The Morgan fingerprint density at radius 2 is 1.79 bits per heavy atom. The van der Waals surface area contributed by atoms with Gasteiger partial charge in [0.05, 0.1) is 24.4 Å². The van der Waals surface area contributed by atoms with Crippen molar-refractivity contribution in [2.24, 2.45) is 0 Å². The summed E-state index contributed by atoms with van der Waals surface area (Å²) in [6.45, 7) is 4.92. The van der Waals surface area contributed by atoms with E-state index in [4.69, 9.17) is 26.4 Å². The molecular weight excluding hydrogens is 388 g/mol. The number of rotatable bonds is 3. The summed E-state index contributed by atoms with van der Waals surface area (Å²) < 4.78 is 16.4. The summed E-state index contributed by atoms with van der Waals surface area (Å²) in [5.41, 5.74) is 4.10. The average molecular weight is 410 g/mol. The number of esters is 1. The molecule has 0 radical (unpaired) electrons. The van der Waals surface area contributed by atoms with E-state index >= 15 is 0 Å². The number of nitrogens with one attached hydrogen (secondary N) is 1. The maximum Gasteiger partial charge on any atom is 0.337 e. The minimum atomic E-state index is -0.398. The number of aryl methyl sites for hydroxylation is 1. The quantitative estimate of drug-likeness (QED) is 0.612. The number of nitrogens with zero attached hydrogens (tertiary/aromatic N) is 1. The number of benzene rings is 2. The highest BCUT2D eigenvalue weighted by Gasteiger charge is 2.35. The van der Waals surface area contributed by atoms with E-state index in [1.54, 1.807) is 0 Å². The van der Waals surface area contributed by atoms with Gasteiger partial charge >= 0.3 is 5.97 Å². The zero-order valence-corrected chi connectivity index (χ0v) is 17.3. The molecule has 29 heavy (non-hydrogen) atoms. The first-order chi connectivity index (χ1) is 14.0. The zero-order chi connectivity index (χ0) is 20.5. The predicted molar refractivity (Wildman–Crippen MR) is 114 cm³/mol. The maximum atomic E-state index is 12.7. The van der Waals surface area contributed by atoms with Crippen LogP contribution < -0.4 is 19.7 Å². The van der Waals surface area contributed by atoms with Gasteiger partial charge in [-0.05, 0) is 43.8 Å². The van der Waals surface area contributed by atoms with E-state index in [2.05, 4.69) is 5.32 Å². The van der Waals surface area contributed by atoms with Gasteiger partial charge in [-0.25, -0.2) is 4.79 Å². The lowest BCUT2D eigenvalue weighted by molar-refractivity contribution is -0.136. The first-order valence-corrected chi connectivity index (χ1v) is 9.76. The van der Waals surface area contributed by atoms with Crippen molar-refractivity contribution in [3.63, 3.8) is 0 Å². The molecule has 2 aromatic rings. The fourth-order valence-electron chi connectivity index (χ4n) is 3.61. The average Bonchev–Trinajstić information content (AvgIpc) is 2.73. The van der Waals surface area contributed by atoms with Gasteiger partial charge in [0.25, 0.3) is 0 Å². The Balaban J connectivity index is 1.80. The van der Waals surface area contributed by atoms with Gasteiger partial charge in [-0.2, -0.15) is 0 Å². The largest absolute Gasteiger partial charge is 0.486 e. The Morgan fingerprint density at radius 3 is 2.48 bits per heavy atom. The van der Waals surface area contributed by atoms with Crippen LogP contribution in [0, 0.1) is 6.92 Å². The molecule has 2 aliphatic rings. The van der Waals surface area contributed by atoms with Crippen LogP contribution >= 0.6 is 12.2 Å². The summed E-state index contributed by atoms with van der Waals surface area (Å²) in [6.07, 6.45) is 0. The van der Waals surface area contributed by atoms with Gasteiger partial charge in [-0.1, -0.05) is 29.8 Å². The molecule has 0 saturated carbocycles. The number of hydrogen-bond donors (Lipinski definition) is 1. The first-order valence-electron chi connectivity index (χ1n) is 9.35. The van der Waals surface area contributed by atoms with Crippen molar-refractivity contribution in [1.82, 2.24) is 5.32 Å². The van der Waals surface area contributed by atoms with E-state index in [9.17, 15) is 4.79 Å². The number of hydrogen-bond acceptors (Lipinski definition) is 5. The molecule has 0 saturated heterocycles. The summed E-state index contributed by atoms with van der Waals surface area (Å²) in [7, 11) is 1.39. The molecule has 0 unspecified atom stereocenters. The standard InChI is InChI=1S/C22H22N2O4S/c1-13-4-6-15(7-5-13)20-19(21(25)26-3)14(2)24(22(29)23-20)16-8-9-17-18(12-16)28-11-10-27-17/h4-9,12,20H,10-11H2,1-3H3,(H,23,29)/t20-/m1/s1. The third kappa shape index (κ3) is 3.53. The minimum absolute atomic E-state index is 0.385. The second kappa shape index (κ2) is 7.75. The molecule has 1 atom stereocenters. The smallest absolute Gasteiger partial charge is 0.337 e. The van der Waals surface area contributed by atoms with Crippen LogP contribution in [0.2, 0.25) is 0 Å². The predicted octanol–water partition coefficient (Wildman–Crippen LogP) is 3.65. The normalized spacial score (nSPS) is 18.4. The topological polar surface area (TPSA) is 60.0 Å². The molecule has 4 rings (SSSR count). The number of allylic oxidation sites excluding steroid dienone is 1. The van der Waals surface area contributed by atoms with Crippen LogP contribution in [0.1, 0.15) is 24.1 Å². The van der Waals surface area contributed by atoms with Crippen molar-refractivity contribution in [3.05, 3.63) is 64.9 Å². The van der Waals surface area contributed by atoms with Gasteiger partial charge in [0, 0.05) is 11.8 Å². The molecule has 6 nitrogen and oxygen atoms in total. The fraction of sp³-hybridized carbons (Fsp3) is 0.273. The van der Waals surface area contributed by atoms with Crippen LogP contribution in [0.5, 0.6) is 11.5 Å².